The molecule has 0 aliphatic heterocycles. The number of aliphatic hydroxyl groups excluding tert-OH is 1. The van der Waals surface area contributed by atoms with Crippen LogP contribution in [0.3, 0.4) is 0 Å². The van der Waals surface area contributed by atoms with E-state index in [1.807, 2.05) is 6.92 Å². The number of nitrogens with two attached hydrogens (primary N) is 1. The zero-order valence-corrected chi connectivity index (χ0v) is 8.51. The number of aliphatic hydroxyl groups is 1. The van der Waals surface area contributed by atoms with Crippen molar-refractivity contribution in [1.82, 2.24) is 14.8 Å². The maximum atomic E-state index is 9.40. The van der Waals surface area contributed by atoms with Crippen molar-refractivity contribution in [3.63, 3.8) is 0 Å². The third kappa shape index (κ3) is 1.53. The van der Waals surface area contributed by atoms with Crippen molar-refractivity contribution in [2.75, 3.05) is 0 Å². The van der Waals surface area contributed by atoms with Crippen molar-refractivity contribution in [2.45, 2.75) is 44.9 Å². The second-order valence-corrected chi connectivity index (χ2v) is 3.97. The second-order valence-electron chi connectivity index (χ2n) is 3.97. The van der Waals surface area contributed by atoms with Gasteiger partial charge in [0.2, 0.25) is 0 Å². The number of hydrogen-bond donors (Lipinski definition) is 2. The molecule has 1 aliphatic rings. The van der Waals surface area contributed by atoms with Crippen molar-refractivity contribution < 1.29 is 5.11 Å². The van der Waals surface area contributed by atoms with Gasteiger partial charge in [0.15, 0.2) is 5.82 Å². The fourth-order valence-electron chi connectivity index (χ4n) is 1.61. The van der Waals surface area contributed by atoms with Crippen LogP contribution in [-0.2, 0) is 0 Å². The topological polar surface area (TPSA) is 77.0 Å². The molecule has 0 saturated heterocycles. The highest BCUT2D eigenvalue weighted by Crippen LogP contribution is 2.37. The molecule has 1 heterocycles. The largest absolute Gasteiger partial charge is 0.391 e. The van der Waals surface area contributed by atoms with Crippen LogP contribution < -0.4 is 5.73 Å². The summed E-state index contributed by atoms with van der Waals surface area (Å²) in [5.41, 5.74) is 5.84. The van der Waals surface area contributed by atoms with Gasteiger partial charge in [0, 0.05) is 6.04 Å². The van der Waals surface area contributed by atoms with Crippen LogP contribution in [0.5, 0.6) is 0 Å². The van der Waals surface area contributed by atoms with Gasteiger partial charge in [0.25, 0.3) is 0 Å². The molecule has 78 valence electrons. The van der Waals surface area contributed by atoms with Gasteiger partial charge >= 0.3 is 0 Å². The average Bonchev–Trinajstić information content (AvgIpc) is 2.89. The van der Waals surface area contributed by atoms with Gasteiger partial charge < -0.3 is 15.4 Å². The third-order valence-electron chi connectivity index (χ3n) is 2.62. The predicted molar refractivity (Wildman–Crippen MR) is 51.6 cm³/mol. The Hall–Kier alpha value is -0.940. The van der Waals surface area contributed by atoms with Crippen LogP contribution in [0.2, 0.25) is 0 Å². The molecule has 3 N–H and O–H groups in total. The molecule has 0 radical (unpaired) electrons. The van der Waals surface area contributed by atoms with E-state index in [-0.39, 0.29) is 0 Å². The van der Waals surface area contributed by atoms with Crippen LogP contribution >= 0.6 is 0 Å². The molecule has 0 spiro atoms. The number of aromatic nitrogens is 3. The van der Waals surface area contributed by atoms with Gasteiger partial charge in [-0.3, -0.25) is 0 Å². The number of nitrogens with zero attached hydrogens (tertiary/aromatic N) is 3. The van der Waals surface area contributed by atoms with E-state index in [4.69, 9.17) is 5.73 Å². The summed E-state index contributed by atoms with van der Waals surface area (Å²) in [5, 5.41) is 17.4. The van der Waals surface area contributed by atoms with Crippen LogP contribution in [0.4, 0.5) is 0 Å². The fraction of sp³-hybridized carbons (Fsp3) is 0.778. The Labute approximate surface area is 82.9 Å². The van der Waals surface area contributed by atoms with Crippen LogP contribution in [-0.4, -0.2) is 26.0 Å². The summed E-state index contributed by atoms with van der Waals surface area (Å²) in [6, 6.07) is 0.0709. The van der Waals surface area contributed by atoms with Crippen LogP contribution in [0.1, 0.15) is 43.5 Å². The molecule has 0 amide bonds. The Morgan fingerprint density at radius 2 is 2.14 bits per heavy atom. The van der Waals surface area contributed by atoms with Gasteiger partial charge in [-0.05, 0) is 26.7 Å². The Morgan fingerprint density at radius 1 is 1.50 bits per heavy atom. The molecule has 14 heavy (non-hydrogen) atoms. The summed E-state index contributed by atoms with van der Waals surface area (Å²) in [5.74, 6) is 1.60. The zero-order valence-electron chi connectivity index (χ0n) is 8.51. The quantitative estimate of drug-likeness (QED) is 0.729. The highest BCUT2D eigenvalue weighted by atomic mass is 16.3. The molecular weight excluding hydrogens is 180 g/mol. The van der Waals surface area contributed by atoms with E-state index < -0.39 is 12.1 Å². The first-order valence-electron chi connectivity index (χ1n) is 4.96. The minimum Gasteiger partial charge on any atom is -0.391 e. The van der Waals surface area contributed by atoms with Gasteiger partial charge in [0.05, 0.1) is 12.1 Å². The summed E-state index contributed by atoms with van der Waals surface area (Å²) in [6.07, 6.45) is 1.74. The van der Waals surface area contributed by atoms with Crippen molar-refractivity contribution in [3.8, 4) is 0 Å². The maximum absolute atomic E-state index is 9.40. The van der Waals surface area contributed by atoms with Gasteiger partial charge in [-0.25, -0.2) is 0 Å². The second kappa shape index (κ2) is 3.33. The average molecular weight is 196 g/mol. The lowest BCUT2D eigenvalue weighted by molar-refractivity contribution is 0.158. The molecule has 1 aliphatic carbocycles. The van der Waals surface area contributed by atoms with Gasteiger partial charge in [0.1, 0.15) is 5.82 Å². The highest BCUT2D eigenvalue weighted by Gasteiger charge is 2.31. The van der Waals surface area contributed by atoms with E-state index in [9.17, 15) is 5.11 Å². The van der Waals surface area contributed by atoms with Crippen molar-refractivity contribution in [2.24, 2.45) is 5.73 Å². The van der Waals surface area contributed by atoms with Gasteiger partial charge in [-0.15, -0.1) is 10.2 Å². The molecule has 5 heteroatoms. The molecule has 2 atom stereocenters. The molecule has 1 aromatic heterocycles. The van der Waals surface area contributed by atoms with E-state index in [0.29, 0.717) is 11.9 Å². The Morgan fingerprint density at radius 3 is 2.64 bits per heavy atom. The molecule has 5 nitrogen and oxygen atoms in total. The lowest BCUT2D eigenvalue weighted by atomic mass is 10.2. The monoisotopic (exact) mass is 196 g/mol. The number of rotatable bonds is 3. The minimum atomic E-state index is -0.587. The van der Waals surface area contributed by atoms with E-state index in [1.54, 1.807) is 6.92 Å². The molecule has 2 unspecified atom stereocenters. The highest BCUT2D eigenvalue weighted by molar-refractivity contribution is 5.06. The van der Waals surface area contributed by atoms with Gasteiger partial charge in [-0.2, -0.15) is 0 Å². The zero-order chi connectivity index (χ0) is 10.3. The fourth-order valence-corrected chi connectivity index (χ4v) is 1.61. The summed E-state index contributed by atoms with van der Waals surface area (Å²) < 4.78 is 2.05. The maximum Gasteiger partial charge on any atom is 0.152 e. The first-order valence-corrected chi connectivity index (χ1v) is 4.96. The van der Waals surface area contributed by atoms with Crippen LogP contribution in [0.15, 0.2) is 0 Å². The first kappa shape index (κ1) is 9.61. The Bertz CT molecular complexity index is 330. The lowest BCUT2D eigenvalue weighted by Gasteiger charge is -2.15. The smallest absolute Gasteiger partial charge is 0.152 e. The van der Waals surface area contributed by atoms with E-state index in [1.165, 1.54) is 12.8 Å². The standard InChI is InChI=1S/C9H16N4O/c1-5(14)8(10)9-12-11-6(2)13(9)7-3-4-7/h5,7-8,14H,3-4,10H2,1-2H3. The molecule has 0 aromatic carbocycles. The van der Waals surface area contributed by atoms with E-state index in [0.717, 1.165) is 5.82 Å². The summed E-state index contributed by atoms with van der Waals surface area (Å²) >= 11 is 0. The van der Waals surface area contributed by atoms with Crippen molar-refractivity contribution in [3.05, 3.63) is 11.6 Å². The van der Waals surface area contributed by atoms with Crippen molar-refractivity contribution in [1.29, 1.82) is 0 Å². The summed E-state index contributed by atoms with van der Waals surface area (Å²) in [6.45, 7) is 3.59. The molecule has 1 fully saturated rings. The minimum absolute atomic E-state index is 0.434. The van der Waals surface area contributed by atoms with Crippen LogP contribution in [0.25, 0.3) is 0 Å². The van der Waals surface area contributed by atoms with Gasteiger partial charge in [-0.1, -0.05) is 0 Å². The summed E-state index contributed by atoms with van der Waals surface area (Å²) in [4.78, 5) is 0. The molecular formula is C9H16N4O. The molecule has 1 aromatic rings. The van der Waals surface area contributed by atoms with Crippen LogP contribution in [0, 0.1) is 6.92 Å². The number of hydrogen-bond acceptors (Lipinski definition) is 4. The summed E-state index contributed by atoms with van der Waals surface area (Å²) in [7, 11) is 0. The first-order chi connectivity index (χ1) is 6.61. The Kier molecular flexibility index (Phi) is 2.28. The van der Waals surface area contributed by atoms with E-state index >= 15 is 0 Å². The third-order valence-corrected chi connectivity index (χ3v) is 2.62. The number of aryl methyl sites for hydroxylation is 1. The Balaban J connectivity index is 2.32. The predicted octanol–water partition coefficient (Wildman–Crippen LogP) is 0.302. The molecule has 2 rings (SSSR count). The molecule has 0 bridgehead atoms. The lowest BCUT2D eigenvalue weighted by Crippen LogP contribution is -2.26. The van der Waals surface area contributed by atoms with E-state index in [2.05, 4.69) is 14.8 Å². The van der Waals surface area contributed by atoms with Crippen molar-refractivity contribution >= 4 is 0 Å². The normalized spacial score (nSPS) is 20.9. The SMILES string of the molecule is Cc1nnc(C(N)C(C)O)n1C1CC1. The molecule has 1 saturated carbocycles.